The van der Waals surface area contributed by atoms with Crippen LogP contribution >= 0.6 is 27.7 Å². The van der Waals surface area contributed by atoms with Crippen LogP contribution in [0, 0.1) is 0 Å². The van der Waals surface area contributed by atoms with Crippen LogP contribution in [0.15, 0.2) is 64.2 Å². The van der Waals surface area contributed by atoms with E-state index in [0.717, 1.165) is 42.9 Å². The van der Waals surface area contributed by atoms with E-state index in [2.05, 4.69) is 58.8 Å². The lowest BCUT2D eigenvalue weighted by atomic mass is 10.0. The molecule has 9 nitrogen and oxygen atoms in total. The van der Waals surface area contributed by atoms with Crippen molar-refractivity contribution in [2.75, 3.05) is 50.9 Å². The first-order valence-corrected chi connectivity index (χ1v) is 15.8. The molecule has 41 heavy (non-hydrogen) atoms. The van der Waals surface area contributed by atoms with Gasteiger partial charge in [0, 0.05) is 55.6 Å². The molecule has 2 atom stereocenters. The maximum Gasteiger partial charge on any atom is 0.417 e. The van der Waals surface area contributed by atoms with Gasteiger partial charge in [-0.1, -0.05) is 77.9 Å². The van der Waals surface area contributed by atoms with E-state index >= 15 is 0 Å². The maximum atomic E-state index is 12.9. The van der Waals surface area contributed by atoms with Crippen LogP contribution in [-0.2, 0) is 6.54 Å². The molecule has 4 aromatic rings. The molecule has 2 aromatic carbocycles. The van der Waals surface area contributed by atoms with Crippen molar-refractivity contribution in [3.05, 3.63) is 70.3 Å². The Morgan fingerprint density at radius 3 is 2.41 bits per heavy atom. The molecule has 2 unspecified atom stereocenters. The molecule has 1 amide bonds. The molecule has 3 heterocycles. The SMILES string of the molecule is CSc1nc(N(C(=O)O)c2cccc(Br)c2)c2c(C(C)CN3CCN(C)CC3)nn(CC(C)c3ccccc3)c2n1. The van der Waals surface area contributed by atoms with Gasteiger partial charge in [0.2, 0.25) is 0 Å². The van der Waals surface area contributed by atoms with Gasteiger partial charge in [0.25, 0.3) is 0 Å². The first-order chi connectivity index (χ1) is 19.7. The van der Waals surface area contributed by atoms with Gasteiger partial charge in [-0.25, -0.2) is 24.3 Å². The Bertz CT molecular complexity index is 1510. The summed E-state index contributed by atoms with van der Waals surface area (Å²) >= 11 is 4.89. The van der Waals surface area contributed by atoms with Crippen LogP contribution in [0.4, 0.5) is 16.3 Å². The molecule has 1 aliphatic rings. The second-order valence-electron chi connectivity index (χ2n) is 10.7. The Morgan fingerprint density at radius 1 is 1.02 bits per heavy atom. The zero-order valence-electron chi connectivity index (χ0n) is 23.9. The van der Waals surface area contributed by atoms with Crippen LogP contribution in [0.5, 0.6) is 0 Å². The van der Waals surface area contributed by atoms with Gasteiger partial charge < -0.3 is 14.9 Å². The van der Waals surface area contributed by atoms with Crippen molar-refractivity contribution in [1.82, 2.24) is 29.5 Å². The Balaban J connectivity index is 1.66. The van der Waals surface area contributed by atoms with E-state index in [1.54, 1.807) is 12.1 Å². The number of rotatable bonds is 9. The quantitative estimate of drug-likeness (QED) is 0.169. The number of piperazine rings is 1. The van der Waals surface area contributed by atoms with Gasteiger partial charge in [0.1, 0.15) is 0 Å². The topological polar surface area (TPSA) is 90.6 Å². The Morgan fingerprint density at radius 2 is 1.76 bits per heavy atom. The predicted molar refractivity (Wildman–Crippen MR) is 169 cm³/mol. The summed E-state index contributed by atoms with van der Waals surface area (Å²) < 4.78 is 2.74. The third-order valence-corrected chi connectivity index (χ3v) is 8.68. The largest absolute Gasteiger partial charge is 0.464 e. The third-order valence-electron chi connectivity index (χ3n) is 7.64. The fourth-order valence-electron chi connectivity index (χ4n) is 5.38. The summed E-state index contributed by atoms with van der Waals surface area (Å²) in [5.41, 5.74) is 3.19. The molecule has 1 fully saturated rings. The number of amides is 1. The summed E-state index contributed by atoms with van der Waals surface area (Å²) in [5, 5.41) is 16.9. The summed E-state index contributed by atoms with van der Waals surface area (Å²) in [7, 11) is 2.15. The number of halogens is 1. The smallest absolute Gasteiger partial charge is 0.417 e. The molecule has 0 bridgehead atoms. The highest BCUT2D eigenvalue weighted by Gasteiger charge is 2.30. The fourth-order valence-corrected chi connectivity index (χ4v) is 6.12. The predicted octanol–water partition coefficient (Wildman–Crippen LogP) is 6.28. The second-order valence-corrected chi connectivity index (χ2v) is 12.4. The van der Waals surface area contributed by atoms with Crippen molar-refractivity contribution in [3.8, 4) is 0 Å². The van der Waals surface area contributed by atoms with Gasteiger partial charge in [-0.2, -0.15) is 5.10 Å². The van der Waals surface area contributed by atoms with E-state index in [-0.39, 0.29) is 11.8 Å². The first-order valence-electron chi connectivity index (χ1n) is 13.8. The second kappa shape index (κ2) is 12.9. The first kappa shape index (κ1) is 29.5. The van der Waals surface area contributed by atoms with Crippen molar-refractivity contribution in [2.24, 2.45) is 0 Å². The third kappa shape index (κ3) is 6.58. The van der Waals surface area contributed by atoms with Crippen LogP contribution < -0.4 is 4.90 Å². The molecule has 11 heteroatoms. The molecule has 0 saturated carbocycles. The number of nitrogens with zero attached hydrogens (tertiary/aromatic N) is 7. The highest BCUT2D eigenvalue weighted by atomic mass is 79.9. The summed E-state index contributed by atoms with van der Waals surface area (Å²) in [6, 6.07) is 17.6. The van der Waals surface area contributed by atoms with Crippen LogP contribution in [0.25, 0.3) is 11.0 Å². The summed E-state index contributed by atoms with van der Waals surface area (Å²) in [6.45, 7) is 9.81. The van der Waals surface area contributed by atoms with E-state index in [1.807, 2.05) is 41.3 Å². The highest BCUT2D eigenvalue weighted by Crippen LogP contribution is 2.38. The standard InChI is InChI=1S/C30H36BrN7O2S/c1-20(22-9-6-5-7-10-22)19-37-27-25(26(34-37)21(2)18-36-15-13-35(3)14-16-36)28(33-29(32-27)41-4)38(30(39)40)24-12-8-11-23(31)17-24/h5-12,17,20-21H,13-16,18-19H2,1-4H3,(H,39,40). The Hall–Kier alpha value is -2.99. The molecule has 216 valence electrons. The number of anilines is 2. The number of hydrogen-bond acceptors (Lipinski definition) is 7. The molecule has 0 aliphatic carbocycles. The summed E-state index contributed by atoms with van der Waals surface area (Å²) in [4.78, 5) is 28.6. The number of aromatic nitrogens is 4. The van der Waals surface area contributed by atoms with Crippen molar-refractivity contribution < 1.29 is 9.90 Å². The number of benzene rings is 2. The van der Waals surface area contributed by atoms with Crippen molar-refractivity contribution >= 4 is 56.3 Å². The zero-order chi connectivity index (χ0) is 29.1. The van der Waals surface area contributed by atoms with Crippen LogP contribution in [-0.4, -0.2) is 86.8 Å². The Labute approximate surface area is 253 Å². The average Bonchev–Trinajstić information content (AvgIpc) is 3.33. The molecule has 1 N–H and O–H groups in total. The van der Waals surface area contributed by atoms with E-state index < -0.39 is 6.09 Å². The lowest BCUT2D eigenvalue weighted by Gasteiger charge is -2.33. The van der Waals surface area contributed by atoms with E-state index in [1.165, 1.54) is 22.2 Å². The number of fused-ring (bicyclic) bond motifs is 1. The molecule has 1 aliphatic heterocycles. The molecule has 0 radical (unpaired) electrons. The minimum Gasteiger partial charge on any atom is -0.464 e. The van der Waals surface area contributed by atoms with Gasteiger partial charge in [-0.05, 0) is 37.1 Å². The fraction of sp³-hybridized carbons (Fsp3) is 0.400. The average molecular weight is 639 g/mol. The minimum absolute atomic E-state index is 0.0369. The molecule has 5 rings (SSSR count). The lowest BCUT2D eigenvalue weighted by molar-refractivity contribution is 0.148. The van der Waals surface area contributed by atoms with Crippen LogP contribution in [0.3, 0.4) is 0 Å². The van der Waals surface area contributed by atoms with Crippen molar-refractivity contribution in [3.63, 3.8) is 0 Å². The van der Waals surface area contributed by atoms with Gasteiger partial charge in [0.05, 0.1) is 16.8 Å². The molecule has 1 saturated heterocycles. The van der Waals surface area contributed by atoms with Crippen LogP contribution in [0.1, 0.15) is 36.9 Å². The van der Waals surface area contributed by atoms with Gasteiger partial charge in [0.15, 0.2) is 16.6 Å². The van der Waals surface area contributed by atoms with Gasteiger partial charge in [-0.15, -0.1) is 0 Å². The monoisotopic (exact) mass is 637 g/mol. The minimum atomic E-state index is -1.11. The zero-order valence-corrected chi connectivity index (χ0v) is 26.3. The van der Waals surface area contributed by atoms with E-state index in [4.69, 9.17) is 15.1 Å². The number of hydrogen-bond donors (Lipinski definition) is 1. The Kier molecular flexibility index (Phi) is 9.28. The number of thioether (sulfide) groups is 1. The molecular formula is C30H36BrN7O2S. The number of likely N-dealkylation sites (N-methyl/N-ethyl adjacent to an activating group) is 1. The van der Waals surface area contributed by atoms with Crippen LogP contribution in [0.2, 0.25) is 0 Å². The van der Waals surface area contributed by atoms with Gasteiger partial charge >= 0.3 is 6.09 Å². The molecular weight excluding hydrogens is 602 g/mol. The lowest BCUT2D eigenvalue weighted by Crippen LogP contribution is -2.45. The highest BCUT2D eigenvalue weighted by molar-refractivity contribution is 9.10. The number of carboxylic acid groups (broad SMARTS) is 1. The van der Waals surface area contributed by atoms with Crippen molar-refractivity contribution in [2.45, 2.75) is 37.4 Å². The summed E-state index contributed by atoms with van der Waals surface area (Å²) in [5.74, 6) is 0.551. The molecule has 0 spiro atoms. The normalized spacial score (nSPS) is 16.1. The van der Waals surface area contributed by atoms with E-state index in [0.29, 0.717) is 34.2 Å². The number of carbonyl (C=O) groups is 1. The maximum absolute atomic E-state index is 12.9. The summed E-state index contributed by atoms with van der Waals surface area (Å²) in [6.07, 6.45) is 0.789. The van der Waals surface area contributed by atoms with Gasteiger partial charge in [-0.3, -0.25) is 0 Å². The van der Waals surface area contributed by atoms with Crippen molar-refractivity contribution in [1.29, 1.82) is 0 Å². The van der Waals surface area contributed by atoms with E-state index in [9.17, 15) is 9.90 Å². The molecule has 2 aromatic heterocycles.